The molecule has 4 aliphatic heterocycles. The Morgan fingerprint density at radius 1 is 1.05 bits per heavy atom. The van der Waals surface area contributed by atoms with Crippen molar-refractivity contribution in [3.05, 3.63) is 39.5 Å². The first-order valence-electron chi connectivity index (χ1n) is 15.0. The van der Waals surface area contributed by atoms with E-state index < -0.39 is 23.0 Å². The van der Waals surface area contributed by atoms with Crippen molar-refractivity contribution in [1.82, 2.24) is 20.2 Å². The summed E-state index contributed by atoms with van der Waals surface area (Å²) in [4.78, 5) is 13.6. The predicted octanol–water partition coefficient (Wildman–Crippen LogP) is 4.65. The number of anilines is 1. The standard InChI is InChI=1S/C30H35ClF3N5O2/c31-24-11-20(40)10-23-21(24)4-7-29(23)8-5-22-25(30(29,33)34)36-27(37-26(22)38-14-18-2-3-19(15-38)35-18)41-16-28-6-1-9-39(28)13-17(32)12-28/h10-11,17-19,35,40H,1-9,12-16H2/t17-,18?,19?,28+,29?/m1/s1. The molecule has 3 unspecified atom stereocenters. The zero-order valence-corrected chi connectivity index (χ0v) is 23.7. The summed E-state index contributed by atoms with van der Waals surface area (Å²) >= 11 is 6.42. The molecule has 0 radical (unpaired) electrons. The molecule has 1 spiro atoms. The van der Waals surface area contributed by atoms with Crippen molar-refractivity contribution in [3.63, 3.8) is 0 Å². The summed E-state index contributed by atoms with van der Waals surface area (Å²) in [6.07, 6.45) is 4.61. The van der Waals surface area contributed by atoms with Crippen LogP contribution < -0.4 is 15.0 Å². The number of nitrogens with zero attached hydrogens (tertiary/aromatic N) is 4. The van der Waals surface area contributed by atoms with Crippen LogP contribution in [0.1, 0.15) is 67.3 Å². The Kier molecular flexibility index (Phi) is 5.85. The van der Waals surface area contributed by atoms with E-state index in [0.29, 0.717) is 78.5 Å². The van der Waals surface area contributed by atoms with E-state index in [0.717, 1.165) is 32.2 Å². The monoisotopic (exact) mass is 589 g/mol. The van der Waals surface area contributed by atoms with Crippen molar-refractivity contribution in [3.8, 4) is 11.8 Å². The fourth-order valence-corrected chi connectivity index (χ4v) is 9.28. The van der Waals surface area contributed by atoms with Crippen molar-refractivity contribution in [2.24, 2.45) is 0 Å². The number of ether oxygens (including phenoxy) is 1. The summed E-state index contributed by atoms with van der Waals surface area (Å²) in [5.74, 6) is -2.90. The van der Waals surface area contributed by atoms with Gasteiger partial charge in [-0.1, -0.05) is 11.6 Å². The molecule has 1 aromatic carbocycles. The summed E-state index contributed by atoms with van der Waals surface area (Å²) in [6, 6.07) is 3.43. The molecule has 8 rings (SSSR count). The van der Waals surface area contributed by atoms with Gasteiger partial charge in [0.15, 0.2) is 0 Å². The highest BCUT2D eigenvalue weighted by Crippen LogP contribution is 2.61. The number of aromatic nitrogens is 2. The summed E-state index contributed by atoms with van der Waals surface area (Å²) in [6.45, 7) is 2.78. The smallest absolute Gasteiger partial charge is 0.318 e. The third-order valence-electron chi connectivity index (χ3n) is 10.9. The fourth-order valence-electron chi connectivity index (χ4n) is 8.97. The van der Waals surface area contributed by atoms with E-state index in [2.05, 4.69) is 20.1 Å². The minimum atomic E-state index is -3.33. The number of nitrogens with one attached hydrogen (secondary N) is 1. The Morgan fingerprint density at radius 3 is 2.59 bits per heavy atom. The first kappa shape index (κ1) is 26.3. The van der Waals surface area contributed by atoms with Gasteiger partial charge < -0.3 is 20.1 Å². The van der Waals surface area contributed by atoms with E-state index in [1.165, 1.54) is 12.1 Å². The van der Waals surface area contributed by atoms with Gasteiger partial charge in [-0.25, -0.2) is 4.39 Å². The SMILES string of the molecule is Oc1cc(Cl)c2c(c1)C1(CC2)CCc2c(N3CC4CCC(C3)N4)nc(OC[C@@]34CCCN3C[C@H](F)C4)nc2C1(F)F. The summed E-state index contributed by atoms with van der Waals surface area (Å²) in [5.41, 5.74) is -0.649. The molecule has 220 valence electrons. The number of halogens is 4. The number of phenols is 1. The predicted molar refractivity (Wildman–Crippen MR) is 148 cm³/mol. The highest BCUT2D eigenvalue weighted by atomic mass is 35.5. The van der Waals surface area contributed by atoms with Crippen LogP contribution in [0, 0.1) is 0 Å². The van der Waals surface area contributed by atoms with Crippen LogP contribution in [0.4, 0.5) is 19.0 Å². The van der Waals surface area contributed by atoms with Gasteiger partial charge in [-0.05, 0) is 81.2 Å². The van der Waals surface area contributed by atoms with Crippen LogP contribution in [0.5, 0.6) is 11.8 Å². The van der Waals surface area contributed by atoms with E-state index in [1.807, 2.05) is 0 Å². The maximum absolute atomic E-state index is 17.0. The van der Waals surface area contributed by atoms with Crippen LogP contribution in [0.25, 0.3) is 0 Å². The lowest BCUT2D eigenvalue weighted by molar-refractivity contribution is -0.102. The lowest BCUT2D eigenvalue weighted by Crippen LogP contribution is -2.52. The number of benzene rings is 1. The number of rotatable bonds is 4. The minimum Gasteiger partial charge on any atom is -0.508 e. The van der Waals surface area contributed by atoms with Gasteiger partial charge in [-0.15, -0.1) is 0 Å². The molecule has 2 N–H and O–H groups in total. The molecule has 6 aliphatic rings. The van der Waals surface area contributed by atoms with Crippen molar-refractivity contribution in [2.75, 3.05) is 37.7 Å². The number of piperazine rings is 1. The highest BCUT2D eigenvalue weighted by molar-refractivity contribution is 6.31. The van der Waals surface area contributed by atoms with Crippen molar-refractivity contribution in [1.29, 1.82) is 0 Å². The molecule has 5 heterocycles. The van der Waals surface area contributed by atoms with Gasteiger partial charge in [0, 0.05) is 48.7 Å². The Hall–Kier alpha value is -2.30. The van der Waals surface area contributed by atoms with Crippen molar-refractivity contribution < 1.29 is 23.0 Å². The summed E-state index contributed by atoms with van der Waals surface area (Å²) in [5, 5.41) is 14.3. The Labute approximate surface area is 242 Å². The normalized spacial score (nSPS) is 35.1. The maximum atomic E-state index is 17.0. The van der Waals surface area contributed by atoms with Crippen LogP contribution >= 0.6 is 11.6 Å². The number of aromatic hydroxyl groups is 1. The number of fused-ring (bicyclic) bond motifs is 6. The van der Waals surface area contributed by atoms with Gasteiger partial charge in [0.25, 0.3) is 5.92 Å². The van der Waals surface area contributed by atoms with E-state index in [4.69, 9.17) is 21.3 Å². The first-order valence-corrected chi connectivity index (χ1v) is 15.4. The van der Waals surface area contributed by atoms with Gasteiger partial charge in [-0.2, -0.15) is 18.7 Å². The van der Waals surface area contributed by atoms with E-state index in [1.54, 1.807) is 0 Å². The van der Waals surface area contributed by atoms with Gasteiger partial charge in [0.05, 0.1) is 11.0 Å². The third-order valence-corrected chi connectivity index (χ3v) is 11.2. The topological polar surface area (TPSA) is 73.8 Å². The highest BCUT2D eigenvalue weighted by Gasteiger charge is 2.63. The molecule has 0 saturated carbocycles. The second-order valence-corrected chi connectivity index (χ2v) is 13.6. The van der Waals surface area contributed by atoms with Crippen LogP contribution in [0.3, 0.4) is 0 Å². The van der Waals surface area contributed by atoms with Crippen LogP contribution in [-0.2, 0) is 24.2 Å². The quantitative estimate of drug-likeness (QED) is 0.538. The third kappa shape index (κ3) is 3.85. The zero-order valence-electron chi connectivity index (χ0n) is 22.9. The lowest BCUT2D eigenvalue weighted by atomic mass is 9.66. The fraction of sp³-hybridized carbons (Fsp3) is 0.667. The molecule has 2 bridgehead atoms. The molecule has 1 aromatic heterocycles. The molecular formula is C30H35ClF3N5O2. The molecule has 2 aromatic rings. The van der Waals surface area contributed by atoms with Crippen molar-refractivity contribution >= 4 is 17.4 Å². The van der Waals surface area contributed by atoms with Gasteiger partial charge in [0.1, 0.15) is 30.0 Å². The first-order chi connectivity index (χ1) is 19.7. The van der Waals surface area contributed by atoms with E-state index in [9.17, 15) is 9.50 Å². The zero-order chi connectivity index (χ0) is 28.1. The van der Waals surface area contributed by atoms with E-state index >= 15 is 8.78 Å². The number of phenolic OH excluding ortho intramolecular Hbond substituents is 1. The molecule has 41 heavy (non-hydrogen) atoms. The number of hydrogen-bond acceptors (Lipinski definition) is 7. The molecule has 11 heteroatoms. The molecule has 7 nitrogen and oxygen atoms in total. The van der Waals surface area contributed by atoms with Gasteiger partial charge in [0.2, 0.25) is 0 Å². The average Bonchev–Trinajstić information content (AvgIpc) is 3.67. The van der Waals surface area contributed by atoms with E-state index in [-0.39, 0.29) is 36.9 Å². The Bertz CT molecular complexity index is 1400. The maximum Gasteiger partial charge on any atom is 0.318 e. The van der Waals surface area contributed by atoms with Crippen molar-refractivity contribution in [2.45, 2.75) is 92.9 Å². The molecule has 0 amide bonds. The lowest BCUT2D eigenvalue weighted by Gasteiger charge is -2.44. The molecule has 2 aliphatic carbocycles. The number of alkyl halides is 3. The molecule has 5 atom stereocenters. The van der Waals surface area contributed by atoms with Crippen LogP contribution in [0.15, 0.2) is 12.1 Å². The summed E-state index contributed by atoms with van der Waals surface area (Å²) < 4.78 is 54.7. The van der Waals surface area contributed by atoms with Crippen LogP contribution in [0.2, 0.25) is 5.02 Å². The Morgan fingerprint density at radius 2 is 1.80 bits per heavy atom. The second-order valence-electron chi connectivity index (χ2n) is 13.2. The molecular weight excluding hydrogens is 555 g/mol. The Balaban J connectivity index is 1.21. The van der Waals surface area contributed by atoms with Crippen LogP contribution in [-0.4, -0.2) is 76.6 Å². The molecule has 4 fully saturated rings. The van der Waals surface area contributed by atoms with Gasteiger partial charge in [-0.3, -0.25) is 4.90 Å². The number of hydrogen-bond donors (Lipinski definition) is 2. The summed E-state index contributed by atoms with van der Waals surface area (Å²) in [7, 11) is 0. The largest absolute Gasteiger partial charge is 0.508 e. The average molecular weight is 590 g/mol. The minimum absolute atomic E-state index is 0.0583. The molecule has 4 saturated heterocycles. The second kappa shape index (κ2) is 9.10. The van der Waals surface area contributed by atoms with Gasteiger partial charge >= 0.3 is 6.01 Å².